The summed E-state index contributed by atoms with van der Waals surface area (Å²) in [5.74, 6) is 0.179. The van der Waals surface area contributed by atoms with Gasteiger partial charge in [0.15, 0.2) is 0 Å². The van der Waals surface area contributed by atoms with E-state index < -0.39 is 17.8 Å². The number of anilines is 1. The molecule has 1 aromatic rings. The number of carbonyl (C=O) groups is 1. The summed E-state index contributed by atoms with van der Waals surface area (Å²) in [6.07, 6.45) is 2.56. The third kappa shape index (κ3) is 5.58. The van der Waals surface area contributed by atoms with Gasteiger partial charge >= 0.3 is 6.09 Å². The lowest BCUT2D eigenvalue weighted by Crippen LogP contribution is -2.27. The molecule has 1 atom stereocenters. The van der Waals surface area contributed by atoms with Crippen molar-refractivity contribution in [2.24, 2.45) is 0 Å². The van der Waals surface area contributed by atoms with Crippen LogP contribution in [0.4, 0.5) is 10.7 Å². The lowest BCUT2D eigenvalue weighted by atomic mass is 10.2. The summed E-state index contributed by atoms with van der Waals surface area (Å²) < 4.78 is 5.07. The number of aliphatic hydroxyl groups is 1. The summed E-state index contributed by atoms with van der Waals surface area (Å²) >= 11 is 0. The zero-order valence-corrected chi connectivity index (χ0v) is 11.1. The van der Waals surface area contributed by atoms with Crippen molar-refractivity contribution in [2.45, 2.75) is 45.8 Å². The average Bonchev–Trinajstić information content (AvgIpc) is 2.17. The van der Waals surface area contributed by atoms with E-state index in [1.165, 1.54) is 0 Å². The first-order valence-electron chi connectivity index (χ1n) is 5.75. The Hall–Kier alpha value is -1.69. The van der Waals surface area contributed by atoms with E-state index in [1.807, 2.05) is 0 Å². The first-order valence-corrected chi connectivity index (χ1v) is 5.75. The number of hydrogen-bond donors (Lipinski definition) is 2. The number of nitrogens with one attached hydrogen (secondary N) is 1. The third-order valence-corrected chi connectivity index (χ3v) is 1.85. The predicted molar refractivity (Wildman–Crippen MR) is 67.3 cm³/mol. The van der Waals surface area contributed by atoms with Crippen molar-refractivity contribution >= 4 is 12.0 Å². The van der Waals surface area contributed by atoms with Gasteiger partial charge in [-0.2, -0.15) is 0 Å². The minimum absolute atomic E-state index is 0.179. The topological polar surface area (TPSA) is 84.3 Å². The van der Waals surface area contributed by atoms with Gasteiger partial charge in [-0.15, -0.1) is 0 Å². The number of ether oxygens (including phenoxy) is 1. The Kier molecular flexibility index (Phi) is 4.61. The molecule has 100 valence electrons. The van der Waals surface area contributed by atoms with Crippen molar-refractivity contribution < 1.29 is 14.6 Å². The first kappa shape index (κ1) is 14.4. The van der Waals surface area contributed by atoms with Crippen LogP contribution >= 0.6 is 0 Å². The fraction of sp³-hybridized carbons (Fsp3) is 0.583. The van der Waals surface area contributed by atoms with Gasteiger partial charge in [0.25, 0.3) is 0 Å². The molecule has 0 unspecified atom stereocenters. The Bertz CT molecular complexity index is 396. The molecule has 6 heteroatoms. The zero-order chi connectivity index (χ0) is 13.8. The van der Waals surface area contributed by atoms with Crippen molar-refractivity contribution in [3.05, 3.63) is 18.0 Å². The van der Waals surface area contributed by atoms with Crippen LogP contribution in [0.1, 0.15) is 33.3 Å². The second kappa shape index (κ2) is 5.77. The third-order valence-electron chi connectivity index (χ3n) is 1.85. The smallest absolute Gasteiger partial charge is 0.414 e. The van der Waals surface area contributed by atoms with E-state index in [4.69, 9.17) is 4.74 Å². The standard InChI is InChI=1S/C12H19N3O3/c1-8(16)5-9-6-13-10(14-7-9)15-11(17)18-12(2,3)4/h6-8,16H,5H2,1-4H3,(H,13,14,15,17)/t8-/m0/s1. The van der Waals surface area contributed by atoms with E-state index in [-0.39, 0.29) is 5.95 Å². The molecular formula is C12H19N3O3. The quantitative estimate of drug-likeness (QED) is 0.857. The Labute approximate surface area is 106 Å². The molecule has 1 amide bonds. The van der Waals surface area contributed by atoms with Gasteiger partial charge < -0.3 is 9.84 Å². The normalized spacial score (nSPS) is 12.9. The Morgan fingerprint density at radius 2 is 2.00 bits per heavy atom. The van der Waals surface area contributed by atoms with Gasteiger partial charge in [0, 0.05) is 18.8 Å². The van der Waals surface area contributed by atoms with Gasteiger partial charge in [-0.3, -0.25) is 5.32 Å². The first-order chi connectivity index (χ1) is 8.26. The van der Waals surface area contributed by atoms with E-state index in [0.29, 0.717) is 6.42 Å². The molecule has 18 heavy (non-hydrogen) atoms. The Balaban J connectivity index is 2.56. The molecule has 0 aliphatic rings. The Morgan fingerprint density at radius 1 is 1.44 bits per heavy atom. The minimum Gasteiger partial charge on any atom is -0.444 e. The summed E-state index contributed by atoms with van der Waals surface area (Å²) in [4.78, 5) is 19.4. The molecule has 0 fully saturated rings. The fourth-order valence-electron chi connectivity index (χ4n) is 1.26. The molecule has 0 aliphatic carbocycles. The highest BCUT2D eigenvalue weighted by Gasteiger charge is 2.16. The van der Waals surface area contributed by atoms with Gasteiger partial charge in [0.1, 0.15) is 5.60 Å². The fourth-order valence-corrected chi connectivity index (χ4v) is 1.26. The predicted octanol–water partition coefficient (Wildman–Crippen LogP) is 1.75. The highest BCUT2D eigenvalue weighted by atomic mass is 16.6. The number of hydrogen-bond acceptors (Lipinski definition) is 5. The lowest BCUT2D eigenvalue weighted by Gasteiger charge is -2.19. The highest BCUT2D eigenvalue weighted by Crippen LogP contribution is 2.09. The van der Waals surface area contributed by atoms with Crippen LogP contribution < -0.4 is 5.32 Å². The van der Waals surface area contributed by atoms with Crippen molar-refractivity contribution in [1.29, 1.82) is 0 Å². The number of amides is 1. The van der Waals surface area contributed by atoms with Gasteiger partial charge in [-0.1, -0.05) is 0 Å². The summed E-state index contributed by atoms with van der Waals surface area (Å²) in [5.41, 5.74) is 0.246. The summed E-state index contributed by atoms with van der Waals surface area (Å²) in [6, 6.07) is 0. The monoisotopic (exact) mass is 253 g/mol. The molecule has 0 bridgehead atoms. The van der Waals surface area contributed by atoms with Crippen LogP contribution in [-0.4, -0.2) is 32.9 Å². The molecule has 0 spiro atoms. The van der Waals surface area contributed by atoms with Crippen molar-refractivity contribution in [2.75, 3.05) is 5.32 Å². The van der Waals surface area contributed by atoms with Crippen molar-refractivity contribution in [3.8, 4) is 0 Å². The summed E-state index contributed by atoms with van der Waals surface area (Å²) in [5, 5.41) is 11.6. The molecule has 1 rings (SSSR count). The number of carbonyl (C=O) groups excluding carboxylic acids is 1. The van der Waals surface area contributed by atoms with Gasteiger partial charge in [0.2, 0.25) is 5.95 Å². The second-order valence-corrected chi connectivity index (χ2v) is 5.09. The number of aromatic nitrogens is 2. The molecule has 0 saturated heterocycles. The minimum atomic E-state index is -0.592. The van der Waals surface area contributed by atoms with E-state index in [0.717, 1.165) is 5.56 Å². The van der Waals surface area contributed by atoms with E-state index >= 15 is 0 Å². The van der Waals surface area contributed by atoms with E-state index in [2.05, 4.69) is 15.3 Å². The molecular weight excluding hydrogens is 234 g/mol. The lowest BCUT2D eigenvalue weighted by molar-refractivity contribution is 0.0634. The molecule has 0 radical (unpaired) electrons. The number of nitrogens with zero attached hydrogens (tertiary/aromatic N) is 2. The van der Waals surface area contributed by atoms with Crippen molar-refractivity contribution in [1.82, 2.24) is 9.97 Å². The van der Waals surface area contributed by atoms with Crippen LogP contribution in [0.2, 0.25) is 0 Å². The maximum atomic E-state index is 11.4. The highest BCUT2D eigenvalue weighted by molar-refractivity contribution is 5.82. The van der Waals surface area contributed by atoms with Gasteiger partial charge in [0.05, 0.1) is 6.10 Å². The van der Waals surface area contributed by atoms with Gasteiger partial charge in [-0.25, -0.2) is 14.8 Å². The van der Waals surface area contributed by atoms with Crippen LogP contribution in [0.15, 0.2) is 12.4 Å². The summed E-state index contributed by atoms with van der Waals surface area (Å²) in [7, 11) is 0. The second-order valence-electron chi connectivity index (χ2n) is 5.09. The molecule has 6 nitrogen and oxygen atoms in total. The number of rotatable bonds is 3. The SMILES string of the molecule is C[C@H](O)Cc1cnc(NC(=O)OC(C)(C)C)nc1. The van der Waals surface area contributed by atoms with Gasteiger partial charge in [-0.05, 0) is 33.3 Å². The molecule has 0 saturated carbocycles. The van der Waals surface area contributed by atoms with E-state index in [9.17, 15) is 9.90 Å². The molecule has 1 aromatic heterocycles. The van der Waals surface area contributed by atoms with Crippen molar-refractivity contribution in [3.63, 3.8) is 0 Å². The average molecular weight is 253 g/mol. The maximum Gasteiger partial charge on any atom is 0.414 e. The zero-order valence-electron chi connectivity index (χ0n) is 11.1. The maximum absolute atomic E-state index is 11.4. The Morgan fingerprint density at radius 3 is 2.44 bits per heavy atom. The van der Waals surface area contributed by atoms with Crippen LogP contribution in [0.25, 0.3) is 0 Å². The summed E-state index contributed by atoms with van der Waals surface area (Å²) in [6.45, 7) is 7.02. The molecule has 1 heterocycles. The number of aliphatic hydroxyl groups excluding tert-OH is 1. The largest absolute Gasteiger partial charge is 0.444 e. The van der Waals surface area contributed by atoms with Crippen LogP contribution in [0.5, 0.6) is 0 Å². The molecule has 0 aromatic carbocycles. The van der Waals surface area contributed by atoms with Crippen LogP contribution in [0, 0.1) is 0 Å². The van der Waals surface area contributed by atoms with Crippen LogP contribution in [0.3, 0.4) is 0 Å². The molecule has 0 aliphatic heterocycles. The van der Waals surface area contributed by atoms with E-state index in [1.54, 1.807) is 40.1 Å². The molecule has 2 N–H and O–H groups in total. The van der Waals surface area contributed by atoms with Crippen LogP contribution in [-0.2, 0) is 11.2 Å².